The number of quaternary nitrogens is 1. The SMILES string of the molecule is CC[NH+](CC(=O)Nc1cc(Cl)ccc1Oc1ccccc1)CC(=O)NC(C)(C)C. The number of anilines is 1. The van der Waals surface area contributed by atoms with Crippen LogP contribution in [0.25, 0.3) is 0 Å². The number of likely N-dealkylation sites (N-methyl/N-ethyl adjacent to an activating group) is 1. The average Bonchev–Trinajstić information content (AvgIpc) is 2.62. The maximum absolute atomic E-state index is 12.6. The monoisotopic (exact) mass is 418 g/mol. The van der Waals surface area contributed by atoms with Gasteiger partial charge in [-0.25, -0.2) is 0 Å². The average molecular weight is 419 g/mol. The number of benzene rings is 2. The highest BCUT2D eigenvalue weighted by Gasteiger charge is 2.21. The van der Waals surface area contributed by atoms with Gasteiger partial charge in [0.2, 0.25) is 0 Å². The molecule has 0 bridgehead atoms. The molecule has 0 aliphatic rings. The van der Waals surface area contributed by atoms with E-state index in [1.165, 1.54) is 0 Å². The van der Waals surface area contributed by atoms with Gasteiger partial charge >= 0.3 is 0 Å². The number of hydrogen-bond donors (Lipinski definition) is 3. The van der Waals surface area contributed by atoms with Crippen LogP contribution in [0.5, 0.6) is 11.5 Å². The van der Waals surface area contributed by atoms with Gasteiger partial charge in [0, 0.05) is 10.6 Å². The molecule has 1 unspecified atom stereocenters. The van der Waals surface area contributed by atoms with Crippen LogP contribution in [0, 0.1) is 0 Å². The van der Waals surface area contributed by atoms with Gasteiger partial charge < -0.3 is 20.3 Å². The first-order chi connectivity index (χ1) is 13.7. The predicted octanol–water partition coefficient (Wildman–Crippen LogP) is 2.89. The zero-order valence-corrected chi connectivity index (χ0v) is 18.1. The van der Waals surface area contributed by atoms with Gasteiger partial charge in [-0.3, -0.25) is 9.59 Å². The van der Waals surface area contributed by atoms with Crippen LogP contribution >= 0.6 is 11.6 Å². The molecule has 0 radical (unpaired) electrons. The van der Waals surface area contributed by atoms with Crippen molar-refractivity contribution < 1.29 is 19.2 Å². The third-order valence-corrected chi connectivity index (χ3v) is 4.26. The van der Waals surface area contributed by atoms with Crippen molar-refractivity contribution in [2.45, 2.75) is 33.2 Å². The number of rotatable bonds is 8. The molecule has 0 saturated heterocycles. The van der Waals surface area contributed by atoms with Crippen LogP contribution in [0.15, 0.2) is 48.5 Å². The van der Waals surface area contributed by atoms with Gasteiger partial charge in [0.05, 0.1) is 12.2 Å². The molecule has 2 aromatic carbocycles. The van der Waals surface area contributed by atoms with E-state index in [-0.39, 0.29) is 30.4 Å². The Morgan fingerprint density at radius 2 is 1.69 bits per heavy atom. The van der Waals surface area contributed by atoms with Gasteiger partial charge in [-0.05, 0) is 58.0 Å². The predicted molar refractivity (Wildman–Crippen MR) is 116 cm³/mol. The molecule has 0 spiro atoms. The number of ether oxygens (including phenoxy) is 1. The van der Waals surface area contributed by atoms with E-state index in [1.54, 1.807) is 18.2 Å². The molecule has 3 N–H and O–H groups in total. The van der Waals surface area contributed by atoms with Gasteiger partial charge in [0.25, 0.3) is 11.8 Å². The summed E-state index contributed by atoms with van der Waals surface area (Å²) in [6, 6.07) is 14.4. The Hall–Kier alpha value is -2.57. The lowest BCUT2D eigenvalue weighted by Crippen LogP contribution is -3.14. The minimum atomic E-state index is -0.303. The van der Waals surface area contributed by atoms with Crippen LogP contribution in [-0.4, -0.2) is 37.0 Å². The molecule has 0 aromatic heterocycles. The molecule has 2 amide bonds. The van der Waals surface area contributed by atoms with E-state index in [2.05, 4.69) is 10.6 Å². The van der Waals surface area contributed by atoms with Crippen LogP contribution in [0.1, 0.15) is 27.7 Å². The van der Waals surface area contributed by atoms with Crippen molar-refractivity contribution in [2.24, 2.45) is 0 Å². The van der Waals surface area contributed by atoms with Crippen molar-refractivity contribution in [3.05, 3.63) is 53.6 Å². The third-order valence-electron chi connectivity index (χ3n) is 4.02. The number of nitrogens with one attached hydrogen (secondary N) is 3. The molecular weight excluding hydrogens is 390 g/mol. The highest BCUT2D eigenvalue weighted by Crippen LogP contribution is 2.31. The van der Waals surface area contributed by atoms with Gasteiger partial charge in [-0.1, -0.05) is 29.8 Å². The Morgan fingerprint density at radius 1 is 1.03 bits per heavy atom. The number of para-hydroxylation sites is 1. The second-order valence-corrected chi connectivity index (χ2v) is 8.30. The maximum Gasteiger partial charge on any atom is 0.279 e. The van der Waals surface area contributed by atoms with E-state index in [4.69, 9.17) is 16.3 Å². The Morgan fingerprint density at radius 3 is 2.31 bits per heavy atom. The first-order valence-electron chi connectivity index (χ1n) is 9.63. The molecule has 2 rings (SSSR count). The van der Waals surface area contributed by atoms with Crippen LogP contribution < -0.4 is 20.3 Å². The van der Waals surface area contributed by atoms with Crippen LogP contribution in [-0.2, 0) is 9.59 Å². The van der Waals surface area contributed by atoms with E-state index in [0.717, 1.165) is 4.90 Å². The fourth-order valence-electron chi connectivity index (χ4n) is 2.73. The van der Waals surface area contributed by atoms with Crippen molar-refractivity contribution in [1.82, 2.24) is 5.32 Å². The van der Waals surface area contributed by atoms with E-state index >= 15 is 0 Å². The summed E-state index contributed by atoms with van der Waals surface area (Å²) in [5, 5.41) is 6.27. The lowest BCUT2D eigenvalue weighted by molar-refractivity contribution is -0.881. The van der Waals surface area contributed by atoms with E-state index in [0.29, 0.717) is 28.8 Å². The molecule has 0 saturated carbocycles. The largest absolute Gasteiger partial charge is 0.455 e. The first-order valence-corrected chi connectivity index (χ1v) is 10.0. The second-order valence-electron chi connectivity index (χ2n) is 7.86. The summed E-state index contributed by atoms with van der Waals surface area (Å²) in [6.45, 7) is 8.75. The summed E-state index contributed by atoms with van der Waals surface area (Å²) >= 11 is 6.10. The molecule has 0 aliphatic carbocycles. The van der Waals surface area contributed by atoms with Crippen LogP contribution in [0.2, 0.25) is 5.02 Å². The number of halogens is 1. The highest BCUT2D eigenvalue weighted by atomic mass is 35.5. The first kappa shape index (κ1) is 22.7. The van der Waals surface area contributed by atoms with Gasteiger partial charge in [0.15, 0.2) is 18.8 Å². The Kier molecular flexibility index (Phi) is 8.05. The molecular formula is C22H29ClN3O3+. The summed E-state index contributed by atoms with van der Waals surface area (Å²) in [6.07, 6.45) is 0. The molecule has 1 atom stereocenters. The number of carbonyl (C=O) groups is 2. The standard InChI is InChI=1S/C22H28ClN3O3/c1-5-26(15-21(28)25-22(2,3)4)14-20(27)24-18-13-16(23)11-12-19(18)29-17-9-7-6-8-10-17/h6-13H,5,14-15H2,1-4H3,(H,24,27)(H,25,28)/p+1. The molecule has 0 heterocycles. The summed E-state index contributed by atoms with van der Waals surface area (Å²) in [5.74, 6) is 0.853. The minimum absolute atomic E-state index is 0.0852. The lowest BCUT2D eigenvalue weighted by Gasteiger charge is -2.23. The smallest absolute Gasteiger partial charge is 0.279 e. The molecule has 0 aliphatic heterocycles. The zero-order chi connectivity index (χ0) is 21.4. The zero-order valence-electron chi connectivity index (χ0n) is 17.3. The molecule has 6 nitrogen and oxygen atoms in total. The second kappa shape index (κ2) is 10.3. The van der Waals surface area contributed by atoms with Crippen LogP contribution in [0.3, 0.4) is 0 Å². The van der Waals surface area contributed by atoms with Crippen molar-refractivity contribution in [1.29, 1.82) is 0 Å². The quantitative estimate of drug-likeness (QED) is 0.617. The fourth-order valence-corrected chi connectivity index (χ4v) is 2.90. The molecule has 2 aromatic rings. The fraction of sp³-hybridized carbons (Fsp3) is 0.364. The van der Waals surface area contributed by atoms with Gasteiger partial charge in [-0.15, -0.1) is 0 Å². The topological polar surface area (TPSA) is 71.9 Å². The summed E-state index contributed by atoms with van der Waals surface area (Å²) in [5.41, 5.74) is 0.184. The van der Waals surface area contributed by atoms with Crippen molar-refractivity contribution in [3.63, 3.8) is 0 Å². The van der Waals surface area contributed by atoms with Crippen molar-refractivity contribution in [2.75, 3.05) is 25.0 Å². The number of hydrogen-bond acceptors (Lipinski definition) is 3. The molecule has 156 valence electrons. The normalized spacial score (nSPS) is 12.2. The lowest BCUT2D eigenvalue weighted by atomic mass is 10.1. The maximum atomic E-state index is 12.6. The molecule has 0 fully saturated rings. The summed E-state index contributed by atoms with van der Waals surface area (Å²) < 4.78 is 5.87. The van der Waals surface area contributed by atoms with E-state index in [1.807, 2.05) is 58.0 Å². The van der Waals surface area contributed by atoms with Crippen molar-refractivity contribution in [3.8, 4) is 11.5 Å². The highest BCUT2D eigenvalue weighted by molar-refractivity contribution is 6.31. The Balaban J connectivity index is 2.03. The minimum Gasteiger partial charge on any atom is -0.455 e. The number of amides is 2. The van der Waals surface area contributed by atoms with Crippen molar-refractivity contribution >= 4 is 29.1 Å². The molecule has 7 heteroatoms. The Labute approximate surface area is 177 Å². The third kappa shape index (κ3) is 8.13. The molecule has 29 heavy (non-hydrogen) atoms. The Bertz CT molecular complexity index is 835. The number of carbonyl (C=O) groups excluding carboxylic acids is 2. The van der Waals surface area contributed by atoms with E-state index in [9.17, 15) is 9.59 Å². The van der Waals surface area contributed by atoms with Crippen LogP contribution in [0.4, 0.5) is 5.69 Å². The summed E-state index contributed by atoms with van der Waals surface area (Å²) in [4.78, 5) is 25.6. The van der Waals surface area contributed by atoms with Gasteiger partial charge in [0.1, 0.15) is 5.75 Å². The van der Waals surface area contributed by atoms with E-state index < -0.39 is 0 Å². The summed E-state index contributed by atoms with van der Waals surface area (Å²) in [7, 11) is 0. The van der Waals surface area contributed by atoms with Gasteiger partial charge in [-0.2, -0.15) is 0 Å².